The highest BCUT2D eigenvalue weighted by Crippen LogP contribution is 2.29. The van der Waals surface area contributed by atoms with Gasteiger partial charge in [0.2, 0.25) is 0 Å². The largest absolute Gasteiger partial charge is 0.395 e. The standard InChI is InChI=1S/C21H28N6O2S/c1-15-5-7-16(8-6-15)27(3)18-10-9-17-19(24-18)30-21(23-17)25-20(29)22-11-4-12-26(2)13-14-28/h5-10,28H,4,11-14H2,1-3H3,(H2,22,23,25,29). The summed E-state index contributed by atoms with van der Waals surface area (Å²) in [5.41, 5.74) is 3.02. The maximum absolute atomic E-state index is 12.1. The lowest BCUT2D eigenvalue weighted by molar-refractivity contribution is 0.219. The molecule has 9 heteroatoms. The number of thiazole rings is 1. The van der Waals surface area contributed by atoms with Crippen molar-refractivity contribution in [3.05, 3.63) is 42.0 Å². The van der Waals surface area contributed by atoms with Gasteiger partial charge in [0.1, 0.15) is 16.2 Å². The third-order valence-electron chi connectivity index (χ3n) is 4.71. The van der Waals surface area contributed by atoms with Crippen molar-refractivity contribution < 1.29 is 9.90 Å². The molecule has 3 rings (SSSR count). The molecule has 2 aromatic heterocycles. The number of aliphatic hydroxyl groups is 1. The first kappa shape index (κ1) is 21.9. The fourth-order valence-electron chi connectivity index (χ4n) is 2.92. The number of amides is 2. The summed E-state index contributed by atoms with van der Waals surface area (Å²) in [7, 11) is 3.92. The summed E-state index contributed by atoms with van der Waals surface area (Å²) < 4.78 is 0. The van der Waals surface area contributed by atoms with Crippen LogP contribution in [0.1, 0.15) is 12.0 Å². The van der Waals surface area contributed by atoms with Gasteiger partial charge in [-0.05, 0) is 51.2 Å². The van der Waals surface area contributed by atoms with E-state index in [4.69, 9.17) is 10.1 Å². The van der Waals surface area contributed by atoms with Crippen LogP contribution >= 0.6 is 11.3 Å². The molecular formula is C21H28N6O2S. The first-order chi connectivity index (χ1) is 14.5. The molecule has 1 aromatic carbocycles. The number of nitrogens with one attached hydrogen (secondary N) is 2. The minimum Gasteiger partial charge on any atom is -0.395 e. The number of benzene rings is 1. The molecule has 0 aliphatic heterocycles. The highest BCUT2D eigenvalue weighted by molar-refractivity contribution is 7.22. The molecule has 0 unspecified atom stereocenters. The number of hydrogen-bond donors (Lipinski definition) is 3. The van der Waals surface area contributed by atoms with Crippen molar-refractivity contribution in [3.63, 3.8) is 0 Å². The first-order valence-corrected chi connectivity index (χ1v) is 10.7. The molecule has 0 spiro atoms. The van der Waals surface area contributed by atoms with Gasteiger partial charge in [-0.1, -0.05) is 29.0 Å². The second-order valence-corrected chi connectivity index (χ2v) is 8.15. The summed E-state index contributed by atoms with van der Waals surface area (Å²) >= 11 is 1.35. The summed E-state index contributed by atoms with van der Waals surface area (Å²) in [6.45, 7) is 4.19. The number of aryl methyl sites for hydroxylation is 1. The first-order valence-electron chi connectivity index (χ1n) is 9.88. The topological polar surface area (TPSA) is 93.6 Å². The quantitative estimate of drug-likeness (QED) is 0.453. The maximum atomic E-state index is 12.1. The Labute approximate surface area is 180 Å². The second kappa shape index (κ2) is 10.3. The number of pyridine rings is 1. The van der Waals surface area contributed by atoms with Gasteiger partial charge in [0.05, 0.1) is 6.61 Å². The number of rotatable bonds is 9. The zero-order chi connectivity index (χ0) is 21.5. The molecule has 0 radical (unpaired) electrons. The van der Waals surface area contributed by atoms with E-state index in [2.05, 4.69) is 46.8 Å². The number of carbonyl (C=O) groups excluding carboxylic acids is 1. The van der Waals surface area contributed by atoms with Crippen LogP contribution in [0.2, 0.25) is 0 Å². The predicted octanol–water partition coefficient (Wildman–Crippen LogP) is 3.20. The number of aromatic nitrogens is 2. The molecule has 0 fully saturated rings. The molecule has 0 aliphatic carbocycles. The summed E-state index contributed by atoms with van der Waals surface area (Å²) in [6.07, 6.45) is 0.806. The van der Waals surface area contributed by atoms with E-state index >= 15 is 0 Å². The Morgan fingerprint density at radius 2 is 1.87 bits per heavy atom. The van der Waals surface area contributed by atoms with Gasteiger partial charge in [-0.3, -0.25) is 5.32 Å². The SMILES string of the molecule is Cc1ccc(N(C)c2ccc3nc(NC(=O)NCCCN(C)CCO)sc3n2)cc1. The number of hydrogen-bond acceptors (Lipinski definition) is 7. The molecule has 30 heavy (non-hydrogen) atoms. The number of fused-ring (bicyclic) bond motifs is 1. The number of carbonyl (C=O) groups is 1. The van der Waals surface area contributed by atoms with Crippen molar-refractivity contribution in [3.8, 4) is 0 Å². The van der Waals surface area contributed by atoms with Crippen LogP contribution in [0.15, 0.2) is 36.4 Å². The van der Waals surface area contributed by atoms with E-state index in [0.29, 0.717) is 18.2 Å². The third kappa shape index (κ3) is 5.88. The Hall–Kier alpha value is -2.75. The molecule has 0 bridgehead atoms. The summed E-state index contributed by atoms with van der Waals surface area (Å²) in [5, 5.41) is 15.0. The van der Waals surface area contributed by atoms with Crippen molar-refractivity contribution in [2.45, 2.75) is 13.3 Å². The van der Waals surface area contributed by atoms with E-state index in [1.807, 2.05) is 36.0 Å². The second-order valence-electron chi connectivity index (χ2n) is 7.17. The molecule has 0 saturated carbocycles. The Balaban J connectivity index is 1.57. The predicted molar refractivity (Wildman–Crippen MR) is 123 cm³/mol. The van der Waals surface area contributed by atoms with Crippen molar-refractivity contribution in [2.24, 2.45) is 0 Å². The van der Waals surface area contributed by atoms with Crippen LogP contribution in [0, 0.1) is 6.92 Å². The van der Waals surface area contributed by atoms with Crippen LogP contribution < -0.4 is 15.5 Å². The summed E-state index contributed by atoms with van der Waals surface area (Å²) in [5.74, 6) is 0.818. The molecule has 8 nitrogen and oxygen atoms in total. The molecule has 0 atom stereocenters. The highest BCUT2D eigenvalue weighted by Gasteiger charge is 2.11. The third-order valence-corrected chi connectivity index (χ3v) is 5.59. The lowest BCUT2D eigenvalue weighted by atomic mass is 10.2. The average molecular weight is 429 g/mol. The Morgan fingerprint density at radius 3 is 2.60 bits per heavy atom. The van der Waals surface area contributed by atoms with Crippen molar-refractivity contribution >= 4 is 44.4 Å². The van der Waals surface area contributed by atoms with Crippen molar-refractivity contribution in [2.75, 3.05) is 50.6 Å². The highest BCUT2D eigenvalue weighted by atomic mass is 32.1. The van der Waals surface area contributed by atoms with E-state index in [9.17, 15) is 4.79 Å². The lowest BCUT2D eigenvalue weighted by Gasteiger charge is -2.18. The molecule has 3 N–H and O–H groups in total. The zero-order valence-corrected chi connectivity index (χ0v) is 18.4. The fraction of sp³-hybridized carbons (Fsp3) is 0.381. The minimum atomic E-state index is -0.282. The fourth-order valence-corrected chi connectivity index (χ4v) is 3.75. The number of urea groups is 1. The smallest absolute Gasteiger partial charge is 0.321 e. The molecule has 0 aliphatic rings. The van der Waals surface area contributed by atoms with E-state index in [0.717, 1.165) is 34.8 Å². The summed E-state index contributed by atoms with van der Waals surface area (Å²) in [6, 6.07) is 11.8. The maximum Gasteiger partial charge on any atom is 0.321 e. The van der Waals surface area contributed by atoms with Crippen LogP contribution in [-0.2, 0) is 0 Å². The van der Waals surface area contributed by atoms with Crippen LogP contribution in [0.5, 0.6) is 0 Å². The average Bonchev–Trinajstić information content (AvgIpc) is 3.12. The van der Waals surface area contributed by atoms with Gasteiger partial charge in [-0.15, -0.1) is 0 Å². The summed E-state index contributed by atoms with van der Waals surface area (Å²) in [4.78, 5) is 26.1. The van der Waals surface area contributed by atoms with Crippen LogP contribution in [0.3, 0.4) is 0 Å². The minimum absolute atomic E-state index is 0.137. The van der Waals surface area contributed by atoms with E-state index in [-0.39, 0.29) is 12.6 Å². The van der Waals surface area contributed by atoms with Gasteiger partial charge in [0.25, 0.3) is 0 Å². The van der Waals surface area contributed by atoms with Crippen LogP contribution in [-0.4, -0.2) is 66.3 Å². The van der Waals surface area contributed by atoms with Crippen molar-refractivity contribution in [1.82, 2.24) is 20.2 Å². The van der Waals surface area contributed by atoms with Crippen molar-refractivity contribution in [1.29, 1.82) is 0 Å². The van der Waals surface area contributed by atoms with Gasteiger partial charge in [0, 0.05) is 25.8 Å². The van der Waals surface area contributed by atoms with E-state index < -0.39 is 0 Å². The lowest BCUT2D eigenvalue weighted by Crippen LogP contribution is -2.32. The number of aliphatic hydroxyl groups excluding tert-OH is 1. The van der Waals surface area contributed by atoms with Gasteiger partial charge in [0.15, 0.2) is 5.13 Å². The monoisotopic (exact) mass is 428 g/mol. The molecule has 2 heterocycles. The molecule has 0 saturated heterocycles. The van der Waals surface area contributed by atoms with E-state index in [1.54, 1.807) is 0 Å². The molecule has 2 amide bonds. The Bertz CT molecular complexity index is 975. The van der Waals surface area contributed by atoms with E-state index in [1.165, 1.54) is 16.9 Å². The molecule has 160 valence electrons. The molecular weight excluding hydrogens is 400 g/mol. The Morgan fingerprint density at radius 1 is 1.10 bits per heavy atom. The number of likely N-dealkylation sites (N-methyl/N-ethyl adjacent to an activating group) is 1. The van der Waals surface area contributed by atoms with Gasteiger partial charge < -0.3 is 20.2 Å². The number of nitrogens with zero attached hydrogens (tertiary/aromatic N) is 4. The van der Waals surface area contributed by atoms with Gasteiger partial charge in [-0.25, -0.2) is 14.8 Å². The van der Waals surface area contributed by atoms with Gasteiger partial charge in [-0.2, -0.15) is 0 Å². The Kier molecular flexibility index (Phi) is 7.56. The number of anilines is 3. The van der Waals surface area contributed by atoms with Gasteiger partial charge >= 0.3 is 6.03 Å². The van der Waals surface area contributed by atoms with Crippen LogP contribution in [0.4, 0.5) is 21.4 Å². The zero-order valence-electron chi connectivity index (χ0n) is 17.6. The molecule has 3 aromatic rings. The van der Waals surface area contributed by atoms with Crippen LogP contribution in [0.25, 0.3) is 10.3 Å². The normalized spacial score (nSPS) is 11.1.